The lowest BCUT2D eigenvalue weighted by Gasteiger charge is -2.10. The van der Waals surface area contributed by atoms with Crippen LogP contribution in [0.1, 0.15) is 18.9 Å². The van der Waals surface area contributed by atoms with Crippen LogP contribution in [0.2, 0.25) is 0 Å². The smallest absolute Gasteiger partial charge is 0.319 e. The number of ether oxygens (including phenoxy) is 1. The molecule has 1 aliphatic heterocycles. The van der Waals surface area contributed by atoms with E-state index in [1.54, 1.807) is 6.92 Å². The lowest BCUT2D eigenvalue weighted by molar-refractivity contribution is 0.184. The minimum absolute atomic E-state index is 0.268. The minimum Gasteiger partial charge on any atom is -0.493 e. The number of amides is 2. The van der Waals surface area contributed by atoms with Gasteiger partial charge < -0.3 is 20.5 Å². The Morgan fingerprint density at radius 3 is 2.92 bits per heavy atom. The van der Waals surface area contributed by atoms with Crippen LogP contribution in [0.3, 0.4) is 0 Å². The van der Waals surface area contributed by atoms with Gasteiger partial charge in [-0.05, 0) is 54.3 Å². The Kier molecular flexibility index (Phi) is 5.01. The molecule has 2 aromatic carbocycles. The third kappa shape index (κ3) is 4.06. The summed E-state index contributed by atoms with van der Waals surface area (Å²) in [5.74, 6) is 0.963. The van der Waals surface area contributed by atoms with Gasteiger partial charge in [-0.15, -0.1) is 0 Å². The number of aliphatic hydroxyl groups is 1. The SMILES string of the molecule is CC(O)CCNC(=O)Nc1cccc(-c2ccc3c(c2)CCO3)c1. The first-order chi connectivity index (χ1) is 11.6. The number of benzene rings is 2. The summed E-state index contributed by atoms with van der Waals surface area (Å²) in [6.45, 7) is 2.88. The van der Waals surface area contributed by atoms with Crippen LogP contribution in [0.25, 0.3) is 11.1 Å². The maximum absolute atomic E-state index is 11.9. The third-order valence-corrected chi connectivity index (χ3v) is 3.99. The number of fused-ring (bicyclic) bond motifs is 1. The van der Waals surface area contributed by atoms with Gasteiger partial charge in [-0.3, -0.25) is 0 Å². The van der Waals surface area contributed by atoms with E-state index in [-0.39, 0.29) is 6.03 Å². The molecule has 0 aromatic heterocycles. The maximum Gasteiger partial charge on any atom is 0.319 e. The number of rotatable bonds is 5. The summed E-state index contributed by atoms with van der Waals surface area (Å²) in [4.78, 5) is 11.9. The highest BCUT2D eigenvalue weighted by atomic mass is 16.5. The summed E-state index contributed by atoms with van der Waals surface area (Å²) in [5.41, 5.74) is 4.12. The molecule has 5 nitrogen and oxygen atoms in total. The van der Waals surface area contributed by atoms with Gasteiger partial charge in [0.2, 0.25) is 0 Å². The lowest BCUT2D eigenvalue weighted by Crippen LogP contribution is -2.30. The first kappa shape index (κ1) is 16.3. The van der Waals surface area contributed by atoms with Crippen LogP contribution in [0, 0.1) is 0 Å². The van der Waals surface area contributed by atoms with E-state index in [1.165, 1.54) is 5.56 Å². The highest BCUT2D eigenvalue weighted by Crippen LogP contribution is 2.31. The van der Waals surface area contributed by atoms with Crippen LogP contribution in [0.15, 0.2) is 42.5 Å². The molecule has 0 bridgehead atoms. The number of anilines is 1. The fourth-order valence-corrected chi connectivity index (χ4v) is 2.71. The Hall–Kier alpha value is -2.53. The molecule has 1 atom stereocenters. The van der Waals surface area contributed by atoms with Crippen LogP contribution >= 0.6 is 0 Å². The van der Waals surface area contributed by atoms with E-state index in [4.69, 9.17) is 4.74 Å². The van der Waals surface area contributed by atoms with Crippen molar-refractivity contribution in [3.05, 3.63) is 48.0 Å². The van der Waals surface area contributed by atoms with Gasteiger partial charge in [0, 0.05) is 18.7 Å². The second kappa shape index (κ2) is 7.36. The van der Waals surface area contributed by atoms with Gasteiger partial charge in [0.25, 0.3) is 0 Å². The molecule has 1 heterocycles. The van der Waals surface area contributed by atoms with E-state index in [9.17, 15) is 9.90 Å². The zero-order chi connectivity index (χ0) is 16.9. The van der Waals surface area contributed by atoms with E-state index in [0.717, 1.165) is 35.6 Å². The summed E-state index contributed by atoms with van der Waals surface area (Å²) >= 11 is 0. The predicted octanol–water partition coefficient (Wildman–Crippen LogP) is 3.18. The molecule has 5 heteroatoms. The zero-order valence-corrected chi connectivity index (χ0v) is 13.7. The molecule has 2 amide bonds. The molecule has 0 fully saturated rings. The van der Waals surface area contributed by atoms with Crippen molar-refractivity contribution in [2.45, 2.75) is 25.9 Å². The highest BCUT2D eigenvalue weighted by Gasteiger charge is 2.13. The Morgan fingerprint density at radius 1 is 1.25 bits per heavy atom. The van der Waals surface area contributed by atoms with Gasteiger partial charge >= 0.3 is 6.03 Å². The van der Waals surface area contributed by atoms with Crippen molar-refractivity contribution < 1.29 is 14.6 Å². The van der Waals surface area contributed by atoms with Crippen LogP contribution < -0.4 is 15.4 Å². The molecule has 0 spiro atoms. The van der Waals surface area contributed by atoms with Crippen molar-refractivity contribution in [3.8, 4) is 16.9 Å². The first-order valence-electron chi connectivity index (χ1n) is 8.21. The predicted molar refractivity (Wildman–Crippen MR) is 94.4 cm³/mol. The average Bonchev–Trinajstić information content (AvgIpc) is 3.02. The number of carbonyl (C=O) groups is 1. The summed E-state index contributed by atoms with van der Waals surface area (Å²) in [7, 11) is 0. The zero-order valence-electron chi connectivity index (χ0n) is 13.7. The van der Waals surface area contributed by atoms with Gasteiger partial charge in [-0.1, -0.05) is 18.2 Å². The van der Waals surface area contributed by atoms with Gasteiger partial charge in [-0.25, -0.2) is 4.79 Å². The summed E-state index contributed by atoms with van der Waals surface area (Å²) < 4.78 is 5.54. The van der Waals surface area contributed by atoms with Crippen molar-refractivity contribution in [3.63, 3.8) is 0 Å². The standard InChI is InChI=1S/C19H22N2O3/c1-13(22)7-9-20-19(23)21-17-4-2-3-14(12-17)15-5-6-18-16(11-15)8-10-24-18/h2-6,11-13,22H,7-10H2,1H3,(H2,20,21,23). The highest BCUT2D eigenvalue weighted by molar-refractivity contribution is 5.90. The van der Waals surface area contributed by atoms with Crippen LogP contribution in [-0.2, 0) is 6.42 Å². The largest absolute Gasteiger partial charge is 0.493 e. The molecule has 2 aromatic rings. The van der Waals surface area contributed by atoms with E-state index >= 15 is 0 Å². The molecular formula is C19H22N2O3. The Labute approximate surface area is 141 Å². The molecule has 3 N–H and O–H groups in total. The molecule has 24 heavy (non-hydrogen) atoms. The van der Waals surface area contributed by atoms with E-state index in [0.29, 0.717) is 13.0 Å². The van der Waals surface area contributed by atoms with Gasteiger partial charge in [0.15, 0.2) is 0 Å². The number of urea groups is 1. The van der Waals surface area contributed by atoms with Crippen molar-refractivity contribution in [1.82, 2.24) is 5.32 Å². The molecule has 0 aliphatic carbocycles. The molecule has 126 valence electrons. The van der Waals surface area contributed by atoms with E-state index in [1.807, 2.05) is 36.4 Å². The third-order valence-electron chi connectivity index (χ3n) is 3.99. The van der Waals surface area contributed by atoms with Crippen LogP contribution in [0.5, 0.6) is 5.75 Å². The summed E-state index contributed by atoms with van der Waals surface area (Å²) in [5, 5.41) is 14.8. The topological polar surface area (TPSA) is 70.6 Å². The monoisotopic (exact) mass is 326 g/mol. The second-order valence-electron chi connectivity index (χ2n) is 6.02. The average molecular weight is 326 g/mol. The van der Waals surface area contributed by atoms with Crippen LogP contribution in [-0.4, -0.2) is 30.4 Å². The quantitative estimate of drug-likeness (QED) is 0.790. The van der Waals surface area contributed by atoms with E-state index in [2.05, 4.69) is 16.7 Å². The lowest BCUT2D eigenvalue weighted by atomic mass is 10.0. The number of carbonyl (C=O) groups excluding carboxylic acids is 1. The molecule has 1 unspecified atom stereocenters. The second-order valence-corrected chi connectivity index (χ2v) is 6.02. The number of nitrogens with one attached hydrogen (secondary N) is 2. The molecule has 1 aliphatic rings. The normalized spacial score (nSPS) is 13.8. The van der Waals surface area contributed by atoms with Gasteiger partial charge in [0.05, 0.1) is 12.7 Å². The molecule has 0 saturated carbocycles. The molecule has 3 rings (SSSR count). The van der Waals surface area contributed by atoms with Crippen molar-refractivity contribution in [2.75, 3.05) is 18.5 Å². The fourth-order valence-electron chi connectivity index (χ4n) is 2.71. The van der Waals surface area contributed by atoms with Gasteiger partial charge in [0.1, 0.15) is 5.75 Å². The molecule has 0 saturated heterocycles. The molecular weight excluding hydrogens is 304 g/mol. The van der Waals surface area contributed by atoms with Gasteiger partial charge in [-0.2, -0.15) is 0 Å². The number of aliphatic hydroxyl groups excluding tert-OH is 1. The molecule has 0 radical (unpaired) electrons. The number of hydrogen-bond acceptors (Lipinski definition) is 3. The summed E-state index contributed by atoms with van der Waals surface area (Å²) in [6.07, 6.45) is 1.05. The Bertz CT molecular complexity index is 728. The Balaban J connectivity index is 1.67. The van der Waals surface area contributed by atoms with Crippen molar-refractivity contribution in [1.29, 1.82) is 0 Å². The maximum atomic E-state index is 11.9. The van der Waals surface area contributed by atoms with Crippen molar-refractivity contribution in [2.24, 2.45) is 0 Å². The first-order valence-corrected chi connectivity index (χ1v) is 8.21. The minimum atomic E-state index is -0.419. The number of hydrogen-bond donors (Lipinski definition) is 3. The Morgan fingerprint density at radius 2 is 2.08 bits per heavy atom. The summed E-state index contributed by atoms with van der Waals surface area (Å²) in [6, 6.07) is 13.7. The van der Waals surface area contributed by atoms with Crippen LogP contribution in [0.4, 0.5) is 10.5 Å². The van der Waals surface area contributed by atoms with Crippen molar-refractivity contribution >= 4 is 11.7 Å². The fraction of sp³-hybridized carbons (Fsp3) is 0.316. The van der Waals surface area contributed by atoms with E-state index < -0.39 is 6.10 Å².